The highest BCUT2D eigenvalue weighted by molar-refractivity contribution is 7.89. The van der Waals surface area contributed by atoms with Crippen molar-refractivity contribution in [3.8, 4) is 0 Å². The Morgan fingerprint density at radius 3 is 2.23 bits per heavy atom. The Hall–Kier alpha value is -2.38. The fraction of sp³-hybridized carbons (Fsp3) is 0.174. The molecule has 0 atom stereocenters. The van der Waals surface area contributed by atoms with E-state index in [1.807, 2.05) is 30.3 Å². The van der Waals surface area contributed by atoms with E-state index in [2.05, 4.69) is 5.32 Å². The van der Waals surface area contributed by atoms with E-state index in [9.17, 15) is 13.2 Å². The van der Waals surface area contributed by atoms with Crippen molar-refractivity contribution in [1.82, 2.24) is 4.31 Å². The van der Waals surface area contributed by atoms with Crippen LogP contribution in [0.5, 0.6) is 0 Å². The van der Waals surface area contributed by atoms with E-state index in [1.165, 1.54) is 16.4 Å². The molecule has 0 saturated carbocycles. The Bertz CT molecular complexity index is 1210. The minimum atomic E-state index is -3.63. The molecule has 1 aliphatic heterocycles. The summed E-state index contributed by atoms with van der Waals surface area (Å²) in [5, 5.41) is 4.00. The van der Waals surface area contributed by atoms with Crippen LogP contribution in [0.2, 0.25) is 10.0 Å². The minimum Gasteiger partial charge on any atom is -0.326 e. The molecular formula is C23H20Cl2N2O3S. The molecule has 1 heterocycles. The summed E-state index contributed by atoms with van der Waals surface area (Å²) in [6, 6.07) is 18.9. The van der Waals surface area contributed by atoms with E-state index in [1.54, 1.807) is 24.3 Å². The first-order chi connectivity index (χ1) is 14.8. The summed E-state index contributed by atoms with van der Waals surface area (Å²) in [5.41, 5.74) is 3.47. The van der Waals surface area contributed by atoms with Crippen molar-refractivity contribution in [2.45, 2.75) is 24.3 Å². The van der Waals surface area contributed by atoms with E-state index in [-0.39, 0.29) is 23.8 Å². The Morgan fingerprint density at radius 2 is 1.55 bits per heavy atom. The first-order valence-corrected chi connectivity index (χ1v) is 11.9. The third-order valence-corrected chi connectivity index (χ3v) is 7.56. The van der Waals surface area contributed by atoms with Crippen LogP contribution >= 0.6 is 23.2 Å². The Balaban J connectivity index is 1.48. The molecule has 3 aromatic carbocycles. The molecule has 0 aromatic heterocycles. The Kier molecular flexibility index (Phi) is 6.34. The van der Waals surface area contributed by atoms with Gasteiger partial charge in [-0.05, 0) is 71.6 Å². The molecule has 1 amide bonds. The van der Waals surface area contributed by atoms with Crippen molar-refractivity contribution >= 4 is 44.8 Å². The van der Waals surface area contributed by atoms with Crippen molar-refractivity contribution in [2.75, 3.05) is 11.9 Å². The summed E-state index contributed by atoms with van der Waals surface area (Å²) in [6.45, 7) is 0.654. The third kappa shape index (κ3) is 5.10. The number of hydrogen-bond donors (Lipinski definition) is 1. The predicted molar refractivity (Wildman–Crippen MR) is 123 cm³/mol. The summed E-state index contributed by atoms with van der Waals surface area (Å²) in [7, 11) is -3.63. The average molecular weight is 475 g/mol. The van der Waals surface area contributed by atoms with Gasteiger partial charge in [-0.15, -0.1) is 0 Å². The first kappa shape index (κ1) is 21.8. The standard InChI is InChI=1S/C23H20Cl2N2O3S/c24-19-4-1-16(2-5-19)13-23(28)26-21-8-3-17-11-12-27(15-18(17)14-21)31(29,30)22-9-6-20(25)7-10-22/h1-10,14H,11-13,15H2,(H,26,28). The van der Waals surface area contributed by atoms with Crippen LogP contribution in [0.4, 0.5) is 5.69 Å². The average Bonchev–Trinajstić information content (AvgIpc) is 2.75. The molecule has 8 heteroatoms. The number of anilines is 1. The molecule has 4 rings (SSSR count). The van der Waals surface area contributed by atoms with Crippen LogP contribution in [0.15, 0.2) is 71.6 Å². The lowest BCUT2D eigenvalue weighted by Gasteiger charge is -2.28. The Morgan fingerprint density at radius 1 is 0.903 bits per heavy atom. The van der Waals surface area contributed by atoms with Crippen LogP contribution in [-0.4, -0.2) is 25.2 Å². The molecule has 160 valence electrons. The molecule has 0 unspecified atom stereocenters. The van der Waals surface area contributed by atoms with E-state index in [0.29, 0.717) is 28.7 Å². The summed E-state index contributed by atoms with van der Waals surface area (Å²) >= 11 is 11.8. The van der Waals surface area contributed by atoms with Gasteiger partial charge in [0.15, 0.2) is 0 Å². The van der Waals surface area contributed by atoms with Crippen molar-refractivity contribution in [3.05, 3.63) is 93.5 Å². The van der Waals surface area contributed by atoms with Gasteiger partial charge in [-0.25, -0.2) is 8.42 Å². The second kappa shape index (κ2) is 9.01. The zero-order chi connectivity index (χ0) is 22.0. The molecule has 1 N–H and O–H groups in total. The molecule has 5 nitrogen and oxygen atoms in total. The van der Waals surface area contributed by atoms with Gasteiger partial charge in [0.2, 0.25) is 15.9 Å². The number of hydrogen-bond acceptors (Lipinski definition) is 3. The number of nitrogens with zero attached hydrogens (tertiary/aromatic N) is 1. The van der Waals surface area contributed by atoms with Gasteiger partial charge in [-0.2, -0.15) is 4.31 Å². The molecular weight excluding hydrogens is 455 g/mol. The normalized spacial score (nSPS) is 14.1. The van der Waals surface area contributed by atoms with Gasteiger partial charge in [0.1, 0.15) is 0 Å². The number of halogens is 2. The topological polar surface area (TPSA) is 66.5 Å². The van der Waals surface area contributed by atoms with Crippen molar-refractivity contribution in [3.63, 3.8) is 0 Å². The van der Waals surface area contributed by atoms with E-state index >= 15 is 0 Å². The third-order valence-electron chi connectivity index (χ3n) is 5.20. The smallest absolute Gasteiger partial charge is 0.243 e. The van der Waals surface area contributed by atoms with E-state index in [0.717, 1.165) is 16.7 Å². The van der Waals surface area contributed by atoms with Crippen molar-refractivity contribution in [1.29, 1.82) is 0 Å². The number of benzene rings is 3. The lowest BCUT2D eigenvalue weighted by molar-refractivity contribution is -0.115. The molecule has 0 spiro atoms. The van der Waals surface area contributed by atoms with Gasteiger partial charge in [0, 0.05) is 28.8 Å². The number of amides is 1. The lowest BCUT2D eigenvalue weighted by Crippen LogP contribution is -2.36. The maximum Gasteiger partial charge on any atom is 0.243 e. The molecule has 0 saturated heterocycles. The maximum atomic E-state index is 13.0. The lowest BCUT2D eigenvalue weighted by atomic mass is 10.0. The number of sulfonamides is 1. The minimum absolute atomic E-state index is 0.149. The molecule has 31 heavy (non-hydrogen) atoms. The van der Waals surface area contributed by atoms with Gasteiger partial charge in [-0.3, -0.25) is 4.79 Å². The number of carbonyl (C=O) groups is 1. The first-order valence-electron chi connectivity index (χ1n) is 9.73. The van der Waals surface area contributed by atoms with Crippen LogP contribution in [0.1, 0.15) is 16.7 Å². The van der Waals surface area contributed by atoms with Gasteiger partial charge in [0.25, 0.3) is 0 Å². The Labute approximate surface area is 191 Å². The quantitative estimate of drug-likeness (QED) is 0.570. The number of fused-ring (bicyclic) bond motifs is 1. The maximum absolute atomic E-state index is 13.0. The summed E-state index contributed by atoms with van der Waals surface area (Å²) < 4.78 is 27.5. The summed E-state index contributed by atoms with van der Waals surface area (Å²) in [5.74, 6) is -0.149. The van der Waals surface area contributed by atoms with Crippen LogP contribution in [-0.2, 0) is 34.2 Å². The molecule has 0 bridgehead atoms. The summed E-state index contributed by atoms with van der Waals surface area (Å²) in [4.78, 5) is 12.6. The van der Waals surface area contributed by atoms with Crippen LogP contribution < -0.4 is 5.32 Å². The predicted octanol–water partition coefficient (Wildman–Crippen LogP) is 4.92. The highest BCUT2D eigenvalue weighted by Crippen LogP contribution is 2.27. The second-order valence-corrected chi connectivity index (χ2v) is 10.2. The number of carbonyl (C=O) groups excluding carboxylic acids is 1. The molecule has 3 aromatic rings. The van der Waals surface area contributed by atoms with Gasteiger partial charge in [-0.1, -0.05) is 41.4 Å². The van der Waals surface area contributed by atoms with Gasteiger partial charge < -0.3 is 5.32 Å². The monoisotopic (exact) mass is 474 g/mol. The zero-order valence-electron chi connectivity index (χ0n) is 16.5. The fourth-order valence-electron chi connectivity index (χ4n) is 3.56. The second-order valence-electron chi connectivity index (χ2n) is 7.38. The largest absolute Gasteiger partial charge is 0.326 e. The van der Waals surface area contributed by atoms with Crippen LogP contribution in [0.3, 0.4) is 0 Å². The molecule has 0 radical (unpaired) electrons. The van der Waals surface area contributed by atoms with E-state index in [4.69, 9.17) is 23.2 Å². The number of rotatable bonds is 5. The van der Waals surface area contributed by atoms with Gasteiger partial charge >= 0.3 is 0 Å². The molecule has 0 fully saturated rings. The molecule has 0 aliphatic carbocycles. The zero-order valence-corrected chi connectivity index (χ0v) is 18.8. The highest BCUT2D eigenvalue weighted by Gasteiger charge is 2.28. The van der Waals surface area contributed by atoms with Crippen molar-refractivity contribution < 1.29 is 13.2 Å². The van der Waals surface area contributed by atoms with Crippen molar-refractivity contribution in [2.24, 2.45) is 0 Å². The fourth-order valence-corrected chi connectivity index (χ4v) is 5.23. The van der Waals surface area contributed by atoms with E-state index < -0.39 is 10.0 Å². The highest BCUT2D eigenvalue weighted by atomic mass is 35.5. The van der Waals surface area contributed by atoms with Crippen LogP contribution in [0, 0.1) is 0 Å². The molecule has 1 aliphatic rings. The summed E-state index contributed by atoms with van der Waals surface area (Å²) in [6.07, 6.45) is 0.840. The SMILES string of the molecule is O=C(Cc1ccc(Cl)cc1)Nc1ccc2c(c1)CN(S(=O)(=O)c1ccc(Cl)cc1)CC2. The number of nitrogens with one attached hydrogen (secondary N) is 1. The van der Waals surface area contributed by atoms with Gasteiger partial charge in [0.05, 0.1) is 11.3 Å². The van der Waals surface area contributed by atoms with Crippen LogP contribution in [0.25, 0.3) is 0 Å².